The van der Waals surface area contributed by atoms with E-state index in [-0.39, 0.29) is 17.2 Å². The highest BCUT2D eigenvalue weighted by Crippen LogP contribution is 2.28. The summed E-state index contributed by atoms with van der Waals surface area (Å²) in [5.41, 5.74) is 1.10. The predicted octanol–water partition coefficient (Wildman–Crippen LogP) is 3.58. The Morgan fingerprint density at radius 1 is 1.24 bits per heavy atom. The molecule has 9 heteroatoms. The topological polar surface area (TPSA) is 101 Å². The van der Waals surface area contributed by atoms with E-state index in [1.807, 2.05) is 17.5 Å². The Morgan fingerprint density at radius 3 is 2.66 bits per heavy atom. The molecular weight excluding hydrogens is 410 g/mol. The maximum absolute atomic E-state index is 12.4. The van der Waals surface area contributed by atoms with Gasteiger partial charge in [-0.2, -0.15) is 0 Å². The smallest absolute Gasteiger partial charge is 0.240 e. The van der Waals surface area contributed by atoms with Gasteiger partial charge in [-0.3, -0.25) is 4.79 Å². The average Bonchev–Trinajstić information content (AvgIpc) is 3.22. The number of hydrogen-bond donors (Lipinski definition) is 2. The summed E-state index contributed by atoms with van der Waals surface area (Å²) in [6.07, 6.45) is 2.23. The van der Waals surface area contributed by atoms with Crippen LogP contribution in [0, 0.1) is 12.8 Å². The molecule has 0 atom stereocenters. The molecule has 2 heterocycles. The lowest BCUT2D eigenvalue weighted by Crippen LogP contribution is -2.25. The van der Waals surface area contributed by atoms with E-state index in [0.29, 0.717) is 35.5 Å². The second kappa shape index (κ2) is 8.10. The van der Waals surface area contributed by atoms with Crippen LogP contribution in [0.3, 0.4) is 0 Å². The number of oxazole rings is 1. The van der Waals surface area contributed by atoms with Gasteiger partial charge in [-0.1, -0.05) is 6.07 Å². The Hall–Kier alpha value is -2.49. The number of amides is 1. The molecule has 0 aliphatic heterocycles. The monoisotopic (exact) mass is 431 g/mol. The molecule has 4 rings (SSSR count). The minimum Gasteiger partial charge on any atom is -0.440 e. The van der Waals surface area contributed by atoms with Crippen LogP contribution in [0.5, 0.6) is 0 Å². The number of carbonyl (C=O) groups excluding carboxylic acids is 1. The number of aromatic nitrogens is 1. The van der Waals surface area contributed by atoms with Crippen LogP contribution < -0.4 is 10.0 Å². The first-order chi connectivity index (χ1) is 13.9. The number of anilines is 1. The van der Waals surface area contributed by atoms with Crippen LogP contribution in [-0.2, 0) is 21.2 Å². The number of rotatable bonds is 8. The largest absolute Gasteiger partial charge is 0.440 e. The van der Waals surface area contributed by atoms with Crippen LogP contribution in [0.15, 0.2) is 51.1 Å². The van der Waals surface area contributed by atoms with Crippen molar-refractivity contribution in [2.75, 3.05) is 11.9 Å². The number of thiophene rings is 1. The van der Waals surface area contributed by atoms with Crippen LogP contribution in [0.2, 0.25) is 0 Å². The summed E-state index contributed by atoms with van der Waals surface area (Å²) in [7, 11) is -3.52. The molecule has 0 unspecified atom stereocenters. The zero-order valence-electron chi connectivity index (χ0n) is 15.8. The highest BCUT2D eigenvalue weighted by atomic mass is 32.2. The first kappa shape index (κ1) is 19.8. The quantitative estimate of drug-likeness (QED) is 0.568. The normalized spacial score (nSPS) is 14.1. The number of sulfonamides is 1. The van der Waals surface area contributed by atoms with E-state index in [1.54, 1.807) is 19.1 Å². The van der Waals surface area contributed by atoms with E-state index < -0.39 is 10.0 Å². The van der Waals surface area contributed by atoms with Gasteiger partial charge in [-0.05, 0) is 61.4 Å². The number of benzene rings is 1. The van der Waals surface area contributed by atoms with Gasteiger partial charge in [0.2, 0.25) is 21.8 Å². The van der Waals surface area contributed by atoms with Gasteiger partial charge in [0, 0.05) is 12.2 Å². The summed E-state index contributed by atoms with van der Waals surface area (Å²) in [6.45, 7) is 2.26. The Bertz CT molecular complexity index is 1100. The standard InChI is InChI=1S/C20H21N3O4S2/c1-13-17(23-20(27-13)18-3-2-10-28-18)11-19(24)22-15-6-8-16(9-7-15)29(25,26)21-12-14-4-5-14/h2-3,6-10,14,21H,4-5,11-12H2,1H3,(H,22,24). The van der Waals surface area contributed by atoms with Crippen molar-refractivity contribution in [2.45, 2.75) is 31.1 Å². The summed E-state index contributed by atoms with van der Waals surface area (Å²) in [5.74, 6) is 1.32. The molecule has 1 amide bonds. The number of nitrogens with one attached hydrogen (secondary N) is 2. The summed E-state index contributed by atoms with van der Waals surface area (Å²) in [5, 5.41) is 4.70. The van der Waals surface area contributed by atoms with E-state index in [4.69, 9.17) is 4.42 Å². The molecule has 152 valence electrons. The number of carbonyl (C=O) groups is 1. The van der Waals surface area contributed by atoms with Crippen molar-refractivity contribution in [2.24, 2.45) is 5.92 Å². The zero-order chi connectivity index (χ0) is 20.4. The fraction of sp³-hybridized carbons (Fsp3) is 0.300. The lowest BCUT2D eigenvalue weighted by Gasteiger charge is -2.08. The molecule has 1 aromatic carbocycles. The molecule has 7 nitrogen and oxygen atoms in total. The zero-order valence-corrected chi connectivity index (χ0v) is 17.5. The van der Waals surface area contributed by atoms with Gasteiger partial charge < -0.3 is 9.73 Å². The average molecular weight is 432 g/mol. The van der Waals surface area contributed by atoms with Gasteiger partial charge in [0.1, 0.15) is 5.76 Å². The third kappa shape index (κ3) is 4.92. The molecule has 1 fully saturated rings. The maximum atomic E-state index is 12.4. The van der Waals surface area contributed by atoms with E-state index >= 15 is 0 Å². The van der Waals surface area contributed by atoms with Crippen LogP contribution in [-0.4, -0.2) is 25.9 Å². The van der Waals surface area contributed by atoms with Crippen molar-refractivity contribution in [3.05, 3.63) is 53.2 Å². The van der Waals surface area contributed by atoms with Crippen molar-refractivity contribution in [1.82, 2.24) is 9.71 Å². The first-order valence-corrected chi connectivity index (χ1v) is 11.7. The molecule has 3 aromatic rings. The summed E-state index contributed by atoms with van der Waals surface area (Å²) in [6, 6.07) is 9.96. The Kier molecular flexibility index (Phi) is 5.53. The molecule has 29 heavy (non-hydrogen) atoms. The van der Waals surface area contributed by atoms with E-state index in [0.717, 1.165) is 17.7 Å². The lowest BCUT2D eigenvalue weighted by atomic mass is 10.2. The van der Waals surface area contributed by atoms with E-state index in [2.05, 4.69) is 15.0 Å². The molecule has 1 saturated carbocycles. The van der Waals surface area contributed by atoms with Crippen LogP contribution in [0.4, 0.5) is 5.69 Å². The number of nitrogens with zero attached hydrogens (tertiary/aromatic N) is 1. The van der Waals surface area contributed by atoms with Crippen LogP contribution >= 0.6 is 11.3 Å². The van der Waals surface area contributed by atoms with Gasteiger partial charge in [0.25, 0.3) is 0 Å². The molecule has 1 aliphatic carbocycles. The Labute approximate surface area is 173 Å². The van der Waals surface area contributed by atoms with Gasteiger partial charge in [-0.25, -0.2) is 18.1 Å². The molecule has 0 bridgehead atoms. The fourth-order valence-corrected chi connectivity index (χ4v) is 4.57. The Morgan fingerprint density at radius 2 is 2.00 bits per heavy atom. The minimum absolute atomic E-state index is 0.0731. The van der Waals surface area contributed by atoms with Crippen LogP contribution in [0.1, 0.15) is 24.3 Å². The van der Waals surface area contributed by atoms with Gasteiger partial charge in [0.15, 0.2) is 0 Å². The van der Waals surface area contributed by atoms with Crippen molar-refractivity contribution < 1.29 is 17.6 Å². The second-order valence-electron chi connectivity index (χ2n) is 7.04. The lowest BCUT2D eigenvalue weighted by molar-refractivity contribution is -0.115. The van der Waals surface area contributed by atoms with E-state index in [9.17, 15) is 13.2 Å². The molecule has 2 N–H and O–H groups in total. The fourth-order valence-electron chi connectivity index (χ4n) is 2.81. The van der Waals surface area contributed by atoms with Crippen LogP contribution in [0.25, 0.3) is 10.8 Å². The van der Waals surface area contributed by atoms with Crippen molar-refractivity contribution >= 4 is 33.0 Å². The molecule has 1 aliphatic rings. The molecule has 0 spiro atoms. The van der Waals surface area contributed by atoms with Gasteiger partial charge in [0.05, 0.1) is 21.9 Å². The summed E-state index contributed by atoms with van der Waals surface area (Å²) in [4.78, 5) is 17.9. The second-order valence-corrected chi connectivity index (χ2v) is 9.76. The summed E-state index contributed by atoms with van der Waals surface area (Å²) >= 11 is 1.52. The van der Waals surface area contributed by atoms with Crippen molar-refractivity contribution in [3.63, 3.8) is 0 Å². The third-order valence-corrected chi connectivity index (χ3v) is 6.96. The highest BCUT2D eigenvalue weighted by Gasteiger charge is 2.24. The number of hydrogen-bond acceptors (Lipinski definition) is 6. The van der Waals surface area contributed by atoms with Gasteiger partial charge in [-0.15, -0.1) is 11.3 Å². The van der Waals surface area contributed by atoms with E-state index in [1.165, 1.54) is 23.5 Å². The SMILES string of the molecule is Cc1oc(-c2cccs2)nc1CC(=O)Nc1ccc(S(=O)(=O)NCC2CC2)cc1. The highest BCUT2D eigenvalue weighted by molar-refractivity contribution is 7.89. The minimum atomic E-state index is -3.52. The Balaban J connectivity index is 1.37. The molecule has 0 radical (unpaired) electrons. The predicted molar refractivity (Wildman–Crippen MR) is 111 cm³/mol. The van der Waals surface area contributed by atoms with Crippen molar-refractivity contribution in [1.29, 1.82) is 0 Å². The van der Waals surface area contributed by atoms with Crippen molar-refractivity contribution in [3.8, 4) is 10.8 Å². The molecular formula is C20H21N3O4S2. The maximum Gasteiger partial charge on any atom is 0.240 e. The summed E-state index contributed by atoms with van der Waals surface area (Å²) < 4.78 is 32.8. The third-order valence-electron chi connectivity index (χ3n) is 4.66. The number of aryl methyl sites for hydroxylation is 1. The molecule has 2 aromatic heterocycles. The first-order valence-electron chi connectivity index (χ1n) is 9.30. The molecule has 0 saturated heterocycles. The van der Waals surface area contributed by atoms with Gasteiger partial charge >= 0.3 is 0 Å².